The van der Waals surface area contributed by atoms with Crippen molar-refractivity contribution < 1.29 is 13.6 Å². The van der Waals surface area contributed by atoms with Crippen molar-refractivity contribution in [3.8, 4) is 0 Å². The number of nitrogens with one attached hydrogen (secondary N) is 1. The zero-order chi connectivity index (χ0) is 17.0. The average molecular weight is 338 g/mol. The highest BCUT2D eigenvalue weighted by atomic mass is 32.2. The lowest BCUT2D eigenvalue weighted by molar-refractivity contribution is -0.115. The number of benzene rings is 1. The van der Waals surface area contributed by atoms with Crippen molar-refractivity contribution in [2.75, 3.05) is 5.32 Å². The van der Waals surface area contributed by atoms with Gasteiger partial charge in [0.15, 0.2) is 16.8 Å². The van der Waals surface area contributed by atoms with E-state index in [0.717, 1.165) is 18.0 Å². The maximum absolute atomic E-state index is 13.2. The van der Waals surface area contributed by atoms with E-state index in [4.69, 9.17) is 0 Å². The number of carbonyl (C=O) groups is 1. The van der Waals surface area contributed by atoms with Crippen LogP contribution in [0.1, 0.15) is 12.7 Å². The molecule has 2 rings (SSSR count). The fourth-order valence-corrected chi connectivity index (χ4v) is 2.72. The minimum atomic E-state index is -1.01. The minimum absolute atomic E-state index is 0.199. The Morgan fingerprint density at radius 2 is 2.17 bits per heavy atom. The third-order valence-corrected chi connectivity index (χ3v) is 4.13. The molecule has 0 saturated heterocycles. The number of anilines is 1. The summed E-state index contributed by atoms with van der Waals surface area (Å²) in [6, 6.07) is 3.21. The monoisotopic (exact) mass is 338 g/mol. The van der Waals surface area contributed by atoms with Crippen molar-refractivity contribution in [3.63, 3.8) is 0 Å². The fourth-order valence-electron chi connectivity index (χ4n) is 1.82. The maximum Gasteiger partial charge on any atom is 0.237 e. The van der Waals surface area contributed by atoms with Crippen molar-refractivity contribution in [3.05, 3.63) is 48.3 Å². The Morgan fingerprint density at radius 1 is 1.43 bits per heavy atom. The van der Waals surface area contributed by atoms with E-state index in [1.54, 1.807) is 13.0 Å². The number of nitrogens with zero attached hydrogens (tertiary/aromatic N) is 3. The molecular weight excluding hydrogens is 322 g/mol. The standard InChI is InChI=1S/C15H16F2N4OS/c1-4-7-21-10(3)19-20-15(21)23-9(2)14(22)18-11-5-6-12(16)13(17)8-11/h4-6,8-9H,1,7H2,2-3H3,(H,18,22)/t9-/m0/s1. The number of halogens is 2. The Balaban J connectivity index is 2.05. The van der Waals surface area contributed by atoms with Crippen LogP contribution in [0.25, 0.3) is 0 Å². The van der Waals surface area contributed by atoms with Gasteiger partial charge in [0.1, 0.15) is 5.82 Å². The van der Waals surface area contributed by atoms with Crippen molar-refractivity contribution in [2.24, 2.45) is 0 Å². The Labute approximate surface area is 136 Å². The van der Waals surface area contributed by atoms with E-state index < -0.39 is 16.9 Å². The molecule has 0 spiro atoms. The van der Waals surface area contributed by atoms with Crippen LogP contribution >= 0.6 is 11.8 Å². The molecule has 1 N–H and O–H groups in total. The van der Waals surface area contributed by atoms with E-state index in [0.29, 0.717) is 11.7 Å². The molecule has 0 unspecified atom stereocenters. The van der Waals surface area contributed by atoms with Gasteiger partial charge in [0, 0.05) is 18.3 Å². The Bertz CT molecular complexity index is 732. The number of carbonyl (C=O) groups excluding carboxylic acids is 1. The summed E-state index contributed by atoms with van der Waals surface area (Å²) in [6.45, 7) is 7.72. The molecule has 8 heteroatoms. The molecule has 23 heavy (non-hydrogen) atoms. The summed E-state index contributed by atoms with van der Waals surface area (Å²) >= 11 is 1.23. The molecule has 1 heterocycles. The molecule has 1 atom stereocenters. The van der Waals surface area contributed by atoms with Gasteiger partial charge in [-0.15, -0.1) is 16.8 Å². The van der Waals surface area contributed by atoms with E-state index in [2.05, 4.69) is 22.1 Å². The summed E-state index contributed by atoms with van der Waals surface area (Å²) < 4.78 is 27.9. The number of allylic oxidation sites excluding steroid dienone is 1. The van der Waals surface area contributed by atoms with Crippen LogP contribution in [0.4, 0.5) is 14.5 Å². The number of hydrogen-bond acceptors (Lipinski definition) is 4. The molecule has 5 nitrogen and oxygen atoms in total. The molecule has 0 aliphatic heterocycles. The highest BCUT2D eigenvalue weighted by Crippen LogP contribution is 2.23. The predicted molar refractivity (Wildman–Crippen MR) is 85.3 cm³/mol. The highest BCUT2D eigenvalue weighted by Gasteiger charge is 2.19. The first-order chi connectivity index (χ1) is 10.9. The number of rotatable bonds is 6. The summed E-state index contributed by atoms with van der Waals surface area (Å²) in [7, 11) is 0. The molecule has 1 amide bonds. The maximum atomic E-state index is 13.2. The summed E-state index contributed by atoms with van der Waals surface area (Å²) in [4.78, 5) is 12.2. The van der Waals surface area contributed by atoms with Gasteiger partial charge < -0.3 is 9.88 Å². The molecule has 0 radical (unpaired) electrons. The first kappa shape index (κ1) is 17.1. The topological polar surface area (TPSA) is 59.8 Å². The largest absolute Gasteiger partial charge is 0.325 e. The van der Waals surface area contributed by atoms with Gasteiger partial charge in [-0.2, -0.15) is 0 Å². The number of aromatic nitrogens is 3. The van der Waals surface area contributed by atoms with Crippen LogP contribution in [0.5, 0.6) is 0 Å². The summed E-state index contributed by atoms with van der Waals surface area (Å²) in [6.07, 6.45) is 1.71. The molecule has 1 aromatic carbocycles. The van der Waals surface area contributed by atoms with Crippen molar-refractivity contribution >= 4 is 23.4 Å². The zero-order valence-electron chi connectivity index (χ0n) is 12.7. The SMILES string of the molecule is C=CCn1c(C)nnc1S[C@@H](C)C(=O)Nc1ccc(F)c(F)c1. The molecule has 2 aromatic rings. The van der Waals surface area contributed by atoms with E-state index in [-0.39, 0.29) is 11.6 Å². The van der Waals surface area contributed by atoms with Crippen LogP contribution in [-0.2, 0) is 11.3 Å². The van der Waals surface area contributed by atoms with Crippen LogP contribution in [0, 0.1) is 18.6 Å². The Kier molecular flexibility index (Phi) is 5.49. The average Bonchev–Trinajstić information content (AvgIpc) is 2.84. The van der Waals surface area contributed by atoms with Crippen LogP contribution in [-0.4, -0.2) is 25.9 Å². The number of hydrogen-bond donors (Lipinski definition) is 1. The first-order valence-electron chi connectivity index (χ1n) is 6.85. The van der Waals surface area contributed by atoms with Crippen molar-refractivity contribution in [1.82, 2.24) is 14.8 Å². The Morgan fingerprint density at radius 3 is 2.83 bits per heavy atom. The van der Waals surface area contributed by atoms with Crippen LogP contribution in [0.15, 0.2) is 36.0 Å². The second-order valence-corrected chi connectivity index (χ2v) is 6.12. The van der Waals surface area contributed by atoms with E-state index in [1.807, 2.05) is 11.5 Å². The normalized spacial score (nSPS) is 12.0. The third kappa shape index (κ3) is 4.16. The summed E-state index contributed by atoms with van der Waals surface area (Å²) in [5.74, 6) is -1.59. The molecule has 0 aliphatic carbocycles. The van der Waals surface area contributed by atoms with Gasteiger partial charge in [-0.25, -0.2) is 8.78 Å². The van der Waals surface area contributed by atoms with E-state index in [9.17, 15) is 13.6 Å². The molecule has 122 valence electrons. The minimum Gasteiger partial charge on any atom is -0.325 e. The Hall–Kier alpha value is -2.22. The van der Waals surface area contributed by atoms with Gasteiger partial charge in [0.2, 0.25) is 5.91 Å². The van der Waals surface area contributed by atoms with E-state index in [1.165, 1.54) is 17.8 Å². The van der Waals surface area contributed by atoms with Gasteiger partial charge in [-0.3, -0.25) is 4.79 Å². The van der Waals surface area contributed by atoms with Gasteiger partial charge in [-0.05, 0) is 26.0 Å². The third-order valence-electron chi connectivity index (χ3n) is 3.05. The molecular formula is C15H16F2N4OS. The van der Waals surface area contributed by atoms with Gasteiger partial charge in [0.05, 0.1) is 5.25 Å². The second kappa shape index (κ2) is 7.36. The quantitative estimate of drug-likeness (QED) is 0.649. The second-order valence-electron chi connectivity index (χ2n) is 4.81. The number of thioether (sulfide) groups is 1. The lowest BCUT2D eigenvalue weighted by atomic mass is 10.3. The van der Waals surface area contributed by atoms with Gasteiger partial charge in [0.25, 0.3) is 0 Å². The fraction of sp³-hybridized carbons (Fsp3) is 0.267. The summed E-state index contributed by atoms with van der Waals surface area (Å²) in [5, 5.41) is 10.6. The van der Waals surface area contributed by atoms with Gasteiger partial charge in [-0.1, -0.05) is 17.8 Å². The summed E-state index contributed by atoms with van der Waals surface area (Å²) in [5.41, 5.74) is 0.199. The van der Waals surface area contributed by atoms with Crippen LogP contribution in [0.3, 0.4) is 0 Å². The van der Waals surface area contributed by atoms with Crippen LogP contribution < -0.4 is 5.32 Å². The first-order valence-corrected chi connectivity index (χ1v) is 7.73. The highest BCUT2D eigenvalue weighted by molar-refractivity contribution is 8.00. The molecule has 0 bridgehead atoms. The lowest BCUT2D eigenvalue weighted by Gasteiger charge is -2.12. The van der Waals surface area contributed by atoms with Gasteiger partial charge >= 0.3 is 0 Å². The predicted octanol–water partition coefficient (Wildman–Crippen LogP) is 3.17. The van der Waals surface area contributed by atoms with Crippen molar-refractivity contribution in [1.29, 1.82) is 0 Å². The number of aryl methyl sites for hydroxylation is 1. The van der Waals surface area contributed by atoms with Crippen LogP contribution in [0.2, 0.25) is 0 Å². The molecule has 0 fully saturated rings. The number of amides is 1. The van der Waals surface area contributed by atoms with Crippen molar-refractivity contribution in [2.45, 2.75) is 30.8 Å². The lowest BCUT2D eigenvalue weighted by Crippen LogP contribution is -2.23. The zero-order valence-corrected chi connectivity index (χ0v) is 13.5. The van der Waals surface area contributed by atoms with E-state index >= 15 is 0 Å². The smallest absolute Gasteiger partial charge is 0.237 e. The molecule has 1 aromatic heterocycles. The molecule has 0 aliphatic rings. The molecule has 0 saturated carbocycles.